The highest BCUT2D eigenvalue weighted by molar-refractivity contribution is 5.27. The Morgan fingerprint density at radius 1 is 1.20 bits per heavy atom. The number of hydrogen-bond acceptors (Lipinski definition) is 6. The van der Waals surface area contributed by atoms with Gasteiger partial charge in [0.1, 0.15) is 12.4 Å². The van der Waals surface area contributed by atoms with Gasteiger partial charge in [-0.1, -0.05) is 0 Å². The lowest BCUT2D eigenvalue weighted by Crippen LogP contribution is -2.38. The van der Waals surface area contributed by atoms with Crippen molar-refractivity contribution < 1.29 is 9.15 Å². The van der Waals surface area contributed by atoms with Gasteiger partial charge in [-0.05, 0) is 19.9 Å². The Kier molecular flexibility index (Phi) is 3.54. The molecule has 0 spiro atoms. The van der Waals surface area contributed by atoms with E-state index in [-0.39, 0.29) is 6.10 Å². The summed E-state index contributed by atoms with van der Waals surface area (Å²) < 4.78 is 11.2. The van der Waals surface area contributed by atoms with E-state index in [1.807, 2.05) is 19.9 Å². The first-order valence-electron chi connectivity index (χ1n) is 6.84. The molecule has 20 heavy (non-hydrogen) atoms. The lowest BCUT2D eigenvalue weighted by molar-refractivity contribution is 0.154. The van der Waals surface area contributed by atoms with Gasteiger partial charge in [0, 0.05) is 37.8 Å². The van der Waals surface area contributed by atoms with E-state index in [9.17, 15) is 0 Å². The molecular formula is C14H18N4O2. The zero-order valence-corrected chi connectivity index (χ0v) is 11.7. The van der Waals surface area contributed by atoms with E-state index < -0.39 is 0 Å². The highest BCUT2D eigenvalue weighted by atomic mass is 16.5. The summed E-state index contributed by atoms with van der Waals surface area (Å²) in [5, 5.41) is 0. The highest BCUT2D eigenvalue weighted by Crippen LogP contribution is 2.21. The van der Waals surface area contributed by atoms with Crippen molar-refractivity contribution in [1.29, 1.82) is 0 Å². The van der Waals surface area contributed by atoms with E-state index in [1.165, 1.54) is 0 Å². The van der Waals surface area contributed by atoms with Gasteiger partial charge in [0.2, 0.25) is 0 Å². The molecule has 0 atom stereocenters. The van der Waals surface area contributed by atoms with Crippen LogP contribution in [0.3, 0.4) is 0 Å². The number of hydrogen-bond donors (Lipinski definition) is 0. The largest absolute Gasteiger partial charge is 0.460 e. The first-order chi connectivity index (χ1) is 9.70. The minimum Gasteiger partial charge on any atom is -0.460 e. The van der Waals surface area contributed by atoms with Crippen LogP contribution in [0.15, 0.2) is 22.9 Å². The Labute approximate surface area is 117 Å². The Morgan fingerprint density at radius 2 is 2.00 bits per heavy atom. The number of piperidine rings is 1. The molecule has 1 aliphatic rings. The summed E-state index contributed by atoms with van der Waals surface area (Å²) in [6.45, 7) is 5.60. The number of rotatable bonds is 3. The molecule has 0 bridgehead atoms. The van der Waals surface area contributed by atoms with Crippen LogP contribution in [0.1, 0.15) is 24.2 Å². The molecule has 0 amide bonds. The minimum absolute atomic E-state index is 0.157. The molecule has 2 aromatic heterocycles. The zero-order chi connectivity index (χ0) is 13.9. The standard InChI is InChI=1S/C14H18N4O2/c1-10-3-6-15-13(16-10)20-12-4-7-18(8-5-12)14-17-11(2)9-19-14/h3,6,9,12H,4-5,7-8H2,1-2H3. The maximum absolute atomic E-state index is 5.83. The zero-order valence-electron chi connectivity index (χ0n) is 11.7. The number of aromatic nitrogens is 3. The Balaban J connectivity index is 1.56. The first kappa shape index (κ1) is 12.9. The third-order valence-corrected chi connectivity index (χ3v) is 3.36. The monoisotopic (exact) mass is 274 g/mol. The van der Waals surface area contributed by atoms with Gasteiger partial charge in [-0.3, -0.25) is 0 Å². The molecule has 1 aliphatic heterocycles. The summed E-state index contributed by atoms with van der Waals surface area (Å²) in [6, 6.07) is 3.03. The second kappa shape index (κ2) is 5.48. The van der Waals surface area contributed by atoms with Gasteiger partial charge in [-0.15, -0.1) is 0 Å². The summed E-state index contributed by atoms with van der Waals surface area (Å²) in [5.41, 5.74) is 1.83. The van der Waals surface area contributed by atoms with E-state index in [0.717, 1.165) is 37.3 Å². The molecule has 0 aliphatic carbocycles. The van der Waals surface area contributed by atoms with Crippen molar-refractivity contribution in [2.45, 2.75) is 32.8 Å². The number of anilines is 1. The van der Waals surface area contributed by atoms with Gasteiger partial charge < -0.3 is 14.1 Å². The van der Waals surface area contributed by atoms with Crippen LogP contribution in [0.5, 0.6) is 6.01 Å². The van der Waals surface area contributed by atoms with Crippen molar-refractivity contribution in [3.05, 3.63) is 29.9 Å². The summed E-state index contributed by atoms with van der Waals surface area (Å²) >= 11 is 0. The molecule has 0 aromatic carbocycles. The average molecular weight is 274 g/mol. The summed E-state index contributed by atoms with van der Waals surface area (Å²) in [5.74, 6) is 0. The third kappa shape index (κ3) is 2.89. The first-order valence-corrected chi connectivity index (χ1v) is 6.84. The summed E-state index contributed by atoms with van der Waals surface area (Å²) in [6.07, 6.45) is 5.39. The fourth-order valence-electron chi connectivity index (χ4n) is 2.28. The predicted molar refractivity (Wildman–Crippen MR) is 73.9 cm³/mol. The molecule has 1 fully saturated rings. The molecule has 0 radical (unpaired) electrons. The topological polar surface area (TPSA) is 64.3 Å². The van der Waals surface area contributed by atoms with Crippen molar-refractivity contribution in [2.24, 2.45) is 0 Å². The number of oxazole rings is 1. The summed E-state index contributed by atoms with van der Waals surface area (Å²) in [7, 11) is 0. The quantitative estimate of drug-likeness (QED) is 0.854. The van der Waals surface area contributed by atoms with Crippen molar-refractivity contribution in [3.8, 4) is 6.01 Å². The van der Waals surface area contributed by atoms with Crippen LogP contribution >= 0.6 is 0 Å². The van der Waals surface area contributed by atoms with Gasteiger partial charge in [0.15, 0.2) is 0 Å². The SMILES string of the molecule is Cc1ccnc(OC2CCN(c3nc(C)co3)CC2)n1. The molecule has 3 heterocycles. The maximum Gasteiger partial charge on any atom is 0.316 e. The van der Waals surface area contributed by atoms with Crippen molar-refractivity contribution in [1.82, 2.24) is 15.0 Å². The van der Waals surface area contributed by atoms with Crippen molar-refractivity contribution in [2.75, 3.05) is 18.0 Å². The minimum atomic E-state index is 0.157. The highest BCUT2D eigenvalue weighted by Gasteiger charge is 2.23. The van der Waals surface area contributed by atoms with Crippen LogP contribution < -0.4 is 9.64 Å². The van der Waals surface area contributed by atoms with E-state index in [1.54, 1.807) is 12.5 Å². The van der Waals surface area contributed by atoms with Crippen LogP contribution in [-0.4, -0.2) is 34.1 Å². The molecular weight excluding hydrogens is 256 g/mol. The van der Waals surface area contributed by atoms with Gasteiger partial charge in [0.05, 0.1) is 5.69 Å². The Bertz CT molecular complexity index is 576. The Morgan fingerprint density at radius 3 is 2.65 bits per heavy atom. The summed E-state index contributed by atoms with van der Waals surface area (Å²) in [4.78, 5) is 14.9. The van der Waals surface area contributed by atoms with Crippen molar-refractivity contribution >= 4 is 6.01 Å². The van der Waals surface area contributed by atoms with Crippen LogP contribution in [0.2, 0.25) is 0 Å². The smallest absolute Gasteiger partial charge is 0.316 e. The van der Waals surface area contributed by atoms with Gasteiger partial charge in [-0.25, -0.2) is 9.97 Å². The van der Waals surface area contributed by atoms with Crippen LogP contribution in [-0.2, 0) is 0 Å². The molecule has 0 saturated carbocycles. The molecule has 1 saturated heterocycles. The van der Waals surface area contributed by atoms with Crippen LogP contribution in [0, 0.1) is 13.8 Å². The molecule has 106 valence electrons. The van der Waals surface area contributed by atoms with Gasteiger partial charge in [-0.2, -0.15) is 4.98 Å². The number of aryl methyl sites for hydroxylation is 2. The predicted octanol–water partition coefficient (Wildman–Crippen LogP) is 2.13. The molecule has 0 unspecified atom stereocenters. The molecule has 0 N–H and O–H groups in total. The van der Waals surface area contributed by atoms with E-state index >= 15 is 0 Å². The van der Waals surface area contributed by atoms with Gasteiger partial charge >= 0.3 is 6.01 Å². The van der Waals surface area contributed by atoms with Gasteiger partial charge in [0.25, 0.3) is 6.01 Å². The lowest BCUT2D eigenvalue weighted by Gasteiger charge is -2.30. The normalized spacial score (nSPS) is 16.4. The third-order valence-electron chi connectivity index (χ3n) is 3.36. The Hall–Kier alpha value is -2.11. The number of ether oxygens (including phenoxy) is 1. The van der Waals surface area contributed by atoms with Crippen LogP contribution in [0.25, 0.3) is 0 Å². The average Bonchev–Trinajstić information content (AvgIpc) is 2.86. The van der Waals surface area contributed by atoms with Crippen molar-refractivity contribution in [3.63, 3.8) is 0 Å². The second-order valence-electron chi connectivity index (χ2n) is 5.06. The molecule has 6 heteroatoms. The van der Waals surface area contributed by atoms with Crippen LogP contribution in [0.4, 0.5) is 6.01 Å². The van der Waals surface area contributed by atoms with E-state index in [0.29, 0.717) is 12.0 Å². The number of nitrogens with zero attached hydrogens (tertiary/aromatic N) is 4. The fraction of sp³-hybridized carbons (Fsp3) is 0.500. The molecule has 3 rings (SSSR count). The van der Waals surface area contributed by atoms with E-state index in [4.69, 9.17) is 9.15 Å². The lowest BCUT2D eigenvalue weighted by atomic mass is 10.1. The fourth-order valence-corrected chi connectivity index (χ4v) is 2.28. The van der Waals surface area contributed by atoms with E-state index in [2.05, 4.69) is 19.9 Å². The molecule has 6 nitrogen and oxygen atoms in total. The second-order valence-corrected chi connectivity index (χ2v) is 5.06. The molecule has 2 aromatic rings. The maximum atomic E-state index is 5.83.